The van der Waals surface area contributed by atoms with Crippen LogP contribution in [0.2, 0.25) is 0 Å². The van der Waals surface area contributed by atoms with Crippen LogP contribution in [0.3, 0.4) is 0 Å². The molecule has 2 rings (SSSR count). The van der Waals surface area contributed by atoms with E-state index in [1.54, 1.807) is 17.4 Å². The molecule has 7 heteroatoms. The molecule has 2 aromatic rings. The van der Waals surface area contributed by atoms with Gasteiger partial charge in [-0.1, -0.05) is 0 Å². The van der Waals surface area contributed by atoms with Crippen LogP contribution >= 0.6 is 0 Å². The molecular weight excluding hydrogens is 262 g/mol. The van der Waals surface area contributed by atoms with Crippen molar-refractivity contribution in [3.8, 4) is 11.6 Å². The van der Waals surface area contributed by atoms with E-state index in [9.17, 15) is 9.59 Å². The number of carbonyl (C=O) groups is 2. The molecule has 0 bridgehead atoms. The average Bonchev–Trinajstić information content (AvgIpc) is 2.41. The second-order valence-electron chi connectivity index (χ2n) is 3.82. The number of hydrogen-bond acceptors (Lipinski definition) is 5. The van der Waals surface area contributed by atoms with Crippen LogP contribution < -0.4 is 15.8 Å². The standard InChI is InChI=1S/C13H11N3O4/c14-9-3-6-11(15-7-9)20-10-4-1-8(2-5-10)12(17)16-13(18)19/h1-7H,14H2,(H,16,17)(H,18,19). The molecule has 0 aliphatic carbocycles. The first-order chi connectivity index (χ1) is 9.54. The lowest BCUT2D eigenvalue weighted by Crippen LogP contribution is -2.28. The molecule has 0 unspecified atom stereocenters. The summed E-state index contributed by atoms with van der Waals surface area (Å²) < 4.78 is 5.43. The van der Waals surface area contributed by atoms with E-state index in [4.69, 9.17) is 15.6 Å². The van der Waals surface area contributed by atoms with Gasteiger partial charge in [0.15, 0.2) is 0 Å². The van der Waals surface area contributed by atoms with E-state index in [0.29, 0.717) is 17.3 Å². The molecule has 0 saturated carbocycles. The van der Waals surface area contributed by atoms with E-state index in [2.05, 4.69) is 4.98 Å². The Morgan fingerprint density at radius 1 is 1.15 bits per heavy atom. The Morgan fingerprint density at radius 2 is 1.85 bits per heavy atom. The molecule has 1 aromatic carbocycles. The molecule has 0 atom stereocenters. The number of nitrogens with zero attached hydrogens (tertiary/aromatic N) is 1. The molecule has 0 fully saturated rings. The second-order valence-corrected chi connectivity index (χ2v) is 3.82. The minimum atomic E-state index is -1.40. The maximum atomic E-state index is 11.4. The van der Waals surface area contributed by atoms with Crippen LogP contribution in [0.5, 0.6) is 11.6 Å². The second kappa shape index (κ2) is 5.70. The van der Waals surface area contributed by atoms with E-state index in [1.807, 2.05) is 0 Å². The van der Waals surface area contributed by atoms with Crippen LogP contribution in [0.1, 0.15) is 10.4 Å². The Kier molecular flexibility index (Phi) is 3.80. The van der Waals surface area contributed by atoms with Gasteiger partial charge in [0.25, 0.3) is 5.91 Å². The van der Waals surface area contributed by atoms with Gasteiger partial charge in [-0.2, -0.15) is 0 Å². The predicted molar refractivity (Wildman–Crippen MR) is 70.7 cm³/mol. The van der Waals surface area contributed by atoms with E-state index >= 15 is 0 Å². The quantitative estimate of drug-likeness (QED) is 0.786. The van der Waals surface area contributed by atoms with E-state index in [-0.39, 0.29) is 5.56 Å². The first-order valence-corrected chi connectivity index (χ1v) is 5.58. The molecule has 0 saturated heterocycles. The number of nitrogens with two attached hydrogens (primary N) is 1. The third-order valence-electron chi connectivity index (χ3n) is 2.32. The molecule has 0 aliphatic rings. The van der Waals surface area contributed by atoms with Crippen molar-refractivity contribution in [1.82, 2.24) is 10.3 Å². The molecule has 4 N–H and O–H groups in total. The maximum absolute atomic E-state index is 11.4. The van der Waals surface area contributed by atoms with Gasteiger partial charge in [-0.05, 0) is 30.3 Å². The maximum Gasteiger partial charge on any atom is 0.411 e. The summed E-state index contributed by atoms with van der Waals surface area (Å²) in [5, 5.41) is 10.2. The van der Waals surface area contributed by atoms with Crippen molar-refractivity contribution in [2.75, 3.05) is 5.73 Å². The van der Waals surface area contributed by atoms with Crippen molar-refractivity contribution in [3.63, 3.8) is 0 Å². The molecule has 102 valence electrons. The molecule has 0 spiro atoms. The van der Waals surface area contributed by atoms with Gasteiger partial charge >= 0.3 is 6.09 Å². The zero-order valence-corrected chi connectivity index (χ0v) is 10.2. The number of anilines is 1. The van der Waals surface area contributed by atoms with Crippen LogP contribution in [0.25, 0.3) is 0 Å². The molecule has 0 aliphatic heterocycles. The Bertz CT molecular complexity index is 623. The number of aromatic nitrogens is 1. The van der Waals surface area contributed by atoms with Gasteiger partial charge in [-0.25, -0.2) is 9.78 Å². The summed E-state index contributed by atoms with van der Waals surface area (Å²) >= 11 is 0. The first-order valence-electron chi connectivity index (χ1n) is 5.58. The van der Waals surface area contributed by atoms with Gasteiger partial charge < -0.3 is 15.6 Å². The number of pyridine rings is 1. The Morgan fingerprint density at radius 3 is 2.40 bits per heavy atom. The summed E-state index contributed by atoms with van der Waals surface area (Å²) in [6, 6.07) is 9.23. The fourth-order valence-corrected chi connectivity index (χ4v) is 1.42. The number of hydrogen-bond donors (Lipinski definition) is 3. The highest BCUT2D eigenvalue weighted by atomic mass is 16.5. The normalized spacial score (nSPS) is 9.80. The number of ether oxygens (including phenoxy) is 1. The van der Waals surface area contributed by atoms with Crippen LogP contribution in [0.4, 0.5) is 10.5 Å². The van der Waals surface area contributed by atoms with Crippen molar-refractivity contribution in [2.24, 2.45) is 0 Å². The van der Waals surface area contributed by atoms with Crippen LogP contribution in [0.15, 0.2) is 42.6 Å². The van der Waals surface area contributed by atoms with Crippen LogP contribution in [-0.2, 0) is 0 Å². The van der Waals surface area contributed by atoms with E-state index in [1.165, 1.54) is 30.5 Å². The van der Waals surface area contributed by atoms with Crippen LogP contribution in [-0.4, -0.2) is 22.1 Å². The van der Waals surface area contributed by atoms with Crippen molar-refractivity contribution in [3.05, 3.63) is 48.2 Å². The number of benzene rings is 1. The lowest BCUT2D eigenvalue weighted by Gasteiger charge is -2.05. The van der Waals surface area contributed by atoms with Crippen molar-refractivity contribution < 1.29 is 19.4 Å². The zero-order valence-electron chi connectivity index (χ0n) is 10.2. The Balaban J connectivity index is 2.06. The summed E-state index contributed by atoms with van der Waals surface area (Å²) in [6.45, 7) is 0. The van der Waals surface area contributed by atoms with Crippen molar-refractivity contribution in [2.45, 2.75) is 0 Å². The average molecular weight is 273 g/mol. The minimum absolute atomic E-state index is 0.213. The smallest absolute Gasteiger partial charge is 0.411 e. The monoisotopic (exact) mass is 273 g/mol. The van der Waals surface area contributed by atoms with Gasteiger partial charge in [-0.15, -0.1) is 0 Å². The van der Waals surface area contributed by atoms with Gasteiger partial charge in [0.05, 0.1) is 11.9 Å². The summed E-state index contributed by atoms with van der Waals surface area (Å²) in [7, 11) is 0. The Hall–Kier alpha value is -3.09. The van der Waals surface area contributed by atoms with E-state index < -0.39 is 12.0 Å². The van der Waals surface area contributed by atoms with Crippen molar-refractivity contribution in [1.29, 1.82) is 0 Å². The molecule has 20 heavy (non-hydrogen) atoms. The summed E-state index contributed by atoms with van der Waals surface area (Å²) in [5.41, 5.74) is 6.24. The molecule has 0 radical (unpaired) electrons. The van der Waals surface area contributed by atoms with E-state index in [0.717, 1.165) is 0 Å². The molecular formula is C13H11N3O4. The predicted octanol–water partition coefficient (Wildman–Crippen LogP) is 1.86. The third kappa shape index (κ3) is 3.45. The number of rotatable bonds is 3. The van der Waals surface area contributed by atoms with Crippen molar-refractivity contribution >= 4 is 17.7 Å². The lowest BCUT2D eigenvalue weighted by molar-refractivity contribution is 0.0948. The topological polar surface area (TPSA) is 115 Å². The molecule has 7 nitrogen and oxygen atoms in total. The van der Waals surface area contributed by atoms with Crippen LogP contribution in [0, 0.1) is 0 Å². The highest BCUT2D eigenvalue weighted by molar-refractivity contribution is 6.02. The SMILES string of the molecule is Nc1ccc(Oc2ccc(C(=O)NC(=O)O)cc2)nc1. The number of nitrogens with one attached hydrogen (secondary N) is 1. The first kappa shape index (κ1) is 13.3. The number of nitrogen functional groups attached to an aromatic ring is 1. The summed E-state index contributed by atoms with van der Waals surface area (Å²) in [4.78, 5) is 25.7. The summed E-state index contributed by atoms with van der Waals surface area (Å²) in [5.74, 6) is 0.130. The molecule has 1 heterocycles. The minimum Gasteiger partial charge on any atom is -0.465 e. The summed E-state index contributed by atoms with van der Waals surface area (Å²) in [6.07, 6.45) is 0.0608. The highest BCUT2D eigenvalue weighted by Crippen LogP contribution is 2.20. The molecule has 1 aromatic heterocycles. The number of carboxylic acid groups (broad SMARTS) is 1. The lowest BCUT2D eigenvalue weighted by atomic mass is 10.2. The third-order valence-corrected chi connectivity index (χ3v) is 2.32. The highest BCUT2D eigenvalue weighted by Gasteiger charge is 2.08. The number of imide groups is 1. The van der Waals surface area contributed by atoms with Gasteiger partial charge in [0, 0.05) is 11.6 Å². The number of carbonyl (C=O) groups excluding carboxylic acids is 1. The zero-order chi connectivity index (χ0) is 14.5. The van der Waals surface area contributed by atoms with Gasteiger partial charge in [0.2, 0.25) is 5.88 Å². The van der Waals surface area contributed by atoms with Gasteiger partial charge in [-0.3, -0.25) is 10.1 Å². The Labute approximate surface area is 114 Å². The fourth-order valence-electron chi connectivity index (χ4n) is 1.42. The largest absolute Gasteiger partial charge is 0.465 e. The fraction of sp³-hybridized carbons (Fsp3) is 0. The molecule has 2 amide bonds. The number of amides is 2. The van der Waals surface area contributed by atoms with Gasteiger partial charge in [0.1, 0.15) is 5.75 Å².